The lowest BCUT2D eigenvalue weighted by Crippen LogP contribution is -2.45. The van der Waals surface area contributed by atoms with E-state index in [1.165, 1.54) is 0 Å². The van der Waals surface area contributed by atoms with Crippen LogP contribution in [0.15, 0.2) is 0 Å². The molecule has 0 saturated heterocycles. The molecule has 13 heavy (non-hydrogen) atoms. The Morgan fingerprint density at radius 1 is 1.69 bits per heavy atom. The molecule has 76 valence electrons. The van der Waals surface area contributed by atoms with Crippen molar-refractivity contribution in [3.05, 3.63) is 0 Å². The van der Waals surface area contributed by atoms with Gasteiger partial charge in [0.1, 0.15) is 0 Å². The van der Waals surface area contributed by atoms with Crippen LogP contribution in [-0.2, 0) is 4.79 Å². The SMILES string of the molecule is CSCC[C@H](N)C(=O)NC1(C)CC1. The van der Waals surface area contributed by atoms with Crippen molar-refractivity contribution in [2.45, 2.75) is 37.8 Å². The lowest BCUT2D eigenvalue weighted by atomic mass is 10.2. The van der Waals surface area contributed by atoms with Crippen LogP contribution in [0.2, 0.25) is 0 Å². The number of nitrogens with one attached hydrogen (secondary N) is 1. The van der Waals surface area contributed by atoms with Gasteiger partial charge in [-0.1, -0.05) is 0 Å². The van der Waals surface area contributed by atoms with E-state index in [-0.39, 0.29) is 17.5 Å². The van der Waals surface area contributed by atoms with Crippen LogP contribution in [0.5, 0.6) is 0 Å². The summed E-state index contributed by atoms with van der Waals surface area (Å²) in [6.45, 7) is 2.06. The topological polar surface area (TPSA) is 55.1 Å². The Labute approximate surface area is 83.8 Å². The van der Waals surface area contributed by atoms with E-state index in [1.807, 2.05) is 6.26 Å². The normalized spacial score (nSPS) is 20.8. The van der Waals surface area contributed by atoms with Crippen LogP contribution in [0.4, 0.5) is 0 Å². The molecule has 1 atom stereocenters. The molecule has 0 bridgehead atoms. The van der Waals surface area contributed by atoms with Gasteiger partial charge in [0, 0.05) is 5.54 Å². The summed E-state index contributed by atoms with van der Waals surface area (Å²) in [6.07, 6.45) is 4.97. The quantitative estimate of drug-likeness (QED) is 0.691. The van der Waals surface area contributed by atoms with E-state index in [1.54, 1.807) is 11.8 Å². The zero-order chi connectivity index (χ0) is 9.90. The maximum absolute atomic E-state index is 11.5. The predicted molar refractivity (Wildman–Crippen MR) is 56.8 cm³/mol. The average molecular weight is 202 g/mol. The molecule has 0 spiro atoms. The Morgan fingerprint density at radius 2 is 2.31 bits per heavy atom. The van der Waals surface area contributed by atoms with Gasteiger partial charge < -0.3 is 11.1 Å². The first-order valence-electron chi connectivity index (χ1n) is 4.64. The molecule has 0 aromatic rings. The summed E-state index contributed by atoms with van der Waals surface area (Å²) in [5, 5.41) is 2.97. The number of hydrogen-bond donors (Lipinski definition) is 2. The summed E-state index contributed by atoms with van der Waals surface area (Å²) in [5.41, 5.74) is 5.78. The summed E-state index contributed by atoms with van der Waals surface area (Å²) in [6, 6.07) is -0.329. The Bertz CT molecular complexity index is 192. The number of carbonyl (C=O) groups is 1. The van der Waals surface area contributed by atoms with E-state index in [2.05, 4.69) is 12.2 Å². The molecule has 0 aliphatic heterocycles. The Morgan fingerprint density at radius 3 is 2.77 bits per heavy atom. The first-order chi connectivity index (χ1) is 6.07. The Balaban J connectivity index is 2.21. The van der Waals surface area contributed by atoms with Crippen LogP contribution in [0.3, 0.4) is 0 Å². The van der Waals surface area contributed by atoms with Gasteiger partial charge in [0.05, 0.1) is 6.04 Å². The molecule has 3 N–H and O–H groups in total. The van der Waals surface area contributed by atoms with Gasteiger partial charge in [-0.05, 0) is 38.2 Å². The highest BCUT2D eigenvalue weighted by Gasteiger charge is 2.39. The van der Waals surface area contributed by atoms with Gasteiger partial charge in [-0.2, -0.15) is 11.8 Å². The van der Waals surface area contributed by atoms with Crippen LogP contribution in [0.25, 0.3) is 0 Å². The minimum atomic E-state index is -0.329. The second kappa shape index (κ2) is 4.33. The maximum atomic E-state index is 11.5. The molecule has 0 aromatic heterocycles. The van der Waals surface area contributed by atoms with Crippen molar-refractivity contribution < 1.29 is 4.79 Å². The molecule has 1 fully saturated rings. The van der Waals surface area contributed by atoms with Crippen molar-refractivity contribution in [2.75, 3.05) is 12.0 Å². The lowest BCUT2D eigenvalue weighted by molar-refractivity contribution is -0.123. The van der Waals surface area contributed by atoms with Crippen LogP contribution >= 0.6 is 11.8 Å². The second-order valence-corrected chi connectivity index (χ2v) is 4.92. The summed E-state index contributed by atoms with van der Waals surface area (Å²) >= 11 is 1.72. The van der Waals surface area contributed by atoms with Gasteiger partial charge in [0.2, 0.25) is 5.91 Å². The minimum absolute atomic E-state index is 0.00838. The maximum Gasteiger partial charge on any atom is 0.237 e. The molecular weight excluding hydrogens is 184 g/mol. The van der Waals surface area contributed by atoms with Crippen LogP contribution < -0.4 is 11.1 Å². The predicted octanol–water partition coefficient (Wildman–Crippen LogP) is 0.735. The molecule has 1 aliphatic rings. The largest absolute Gasteiger partial charge is 0.350 e. The molecule has 3 nitrogen and oxygen atoms in total. The highest BCUT2D eigenvalue weighted by molar-refractivity contribution is 7.98. The molecule has 1 aliphatic carbocycles. The van der Waals surface area contributed by atoms with Gasteiger partial charge in [0.25, 0.3) is 0 Å². The molecular formula is C9H18N2OS. The first kappa shape index (κ1) is 10.9. The zero-order valence-corrected chi connectivity index (χ0v) is 9.12. The standard InChI is InChI=1S/C9H18N2OS/c1-9(4-5-9)11-8(12)7(10)3-6-13-2/h7H,3-6,10H2,1-2H3,(H,11,12)/t7-/m0/s1. The zero-order valence-electron chi connectivity index (χ0n) is 8.30. The van der Waals surface area contributed by atoms with Gasteiger partial charge in [-0.3, -0.25) is 4.79 Å². The number of amides is 1. The van der Waals surface area contributed by atoms with Crippen molar-refractivity contribution in [1.82, 2.24) is 5.32 Å². The smallest absolute Gasteiger partial charge is 0.237 e. The first-order valence-corrected chi connectivity index (χ1v) is 6.03. The fourth-order valence-corrected chi connectivity index (χ4v) is 1.57. The van der Waals surface area contributed by atoms with E-state index in [4.69, 9.17) is 5.73 Å². The third-order valence-corrected chi connectivity index (χ3v) is 3.04. The van der Waals surface area contributed by atoms with E-state index in [9.17, 15) is 4.79 Å². The van der Waals surface area contributed by atoms with Gasteiger partial charge in [0.15, 0.2) is 0 Å². The summed E-state index contributed by atoms with van der Waals surface area (Å²) in [5.74, 6) is 0.958. The van der Waals surface area contributed by atoms with Crippen LogP contribution in [-0.4, -0.2) is 29.5 Å². The number of carbonyl (C=O) groups excluding carboxylic acids is 1. The number of rotatable bonds is 5. The summed E-state index contributed by atoms with van der Waals surface area (Å²) in [4.78, 5) is 11.5. The highest BCUT2D eigenvalue weighted by Crippen LogP contribution is 2.34. The molecule has 0 heterocycles. The van der Waals surface area contributed by atoms with Crippen molar-refractivity contribution >= 4 is 17.7 Å². The van der Waals surface area contributed by atoms with Crippen molar-refractivity contribution in [3.8, 4) is 0 Å². The van der Waals surface area contributed by atoms with Gasteiger partial charge in [-0.25, -0.2) is 0 Å². The second-order valence-electron chi connectivity index (χ2n) is 3.94. The summed E-state index contributed by atoms with van der Waals surface area (Å²) in [7, 11) is 0. The van der Waals surface area contributed by atoms with E-state index in [0.29, 0.717) is 0 Å². The fraction of sp³-hybridized carbons (Fsp3) is 0.889. The van der Waals surface area contributed by atoms with Crippen LogP contribution in [0, 0.1) is 0 Å². The van der Waals surface area contributed by atoms with Gasteiger partial charge >= 0.3 is 0 Å². The minimum Gasteiger partial charge on any atom is -0.350 e. The molecule has 1 saturated carbocycles. The van der Waals surface area contributed by atoms with Gasteiger partial charge in [-0.15, -0.1) is 0 Å². The Hall–Kier alpha value is -0.220. The molecule has 1 rings (SSSR count). The molecule has 1 amide bonds. The number of nitrogens with two attached hydrogens (primary N) is 1. The van der Waals surface area contributed by atoms with Crippen LogP contribution in [0.1, 0.15) is 26.2 Å². The van der Waals surface area contributed by atoms with E-state index < -0.39 is 0 Å². The Kier molecular flexibility index (Phi) is 3.62. The molecule has 0 aromatic carbocycles. The molecule has 0 radical (unpaired) electrons. The summed E-state index contributed by atoms with van der Waals surface area (Å²) < 4.78 is 0. The van der Waals surface area contributed by atoms with Crippen molar-refractivity contribution in [3.63, 3.8) is 0 Å². The number of hydrogen-bond acceptors (Lipinski definition) is 3. The lowest BCUT2D eigenvalue weighted by Gasteiger charge is -2.15. The third-order valence-electron chi connectivity index (χ3n) is 2.39. The average Bonchev–Trinajstić information content (AvgIpc) is 2.79. The van der Waals surface area contributed by atoms with E-state index >= 15 is 0 Å². The third kappa shape index (κ3) is 3.56. The molecule has 0 unspecified atom stereocenters. The van der Waals surface area contributed by atoms with Crippen molar-refractivity contribution in [1.29, 1.82) is 0 Å². The van der Waals surface area contributed by atoms with Crippen molar-refractivity contribution in [2.24, 2.45) is 5.73 Å². The highest BCUT2D eigenvalue weighted by atomic mass is 32.2. The number of thioether (sulfide) groups is 1. The fourth-order valence-electron chi connectivity index (χ4n) is 1.08. The molecule has 4 heteroatoms. The van der Waals surface area contributed by atoms with E-state index in [0.717, 1.165) is 25.0 Å². The monoisotopic (exact) mass is 202 g/mol.